The number of carbonyl (C=O) groups is 1. The molecule has 0 radical (unpaired) electrons. The minimum Gasteiger partial charge on any atom is -0.465 e. The highest BCUT2D eigenvalue weighted by molar-refractivity contribution is 8.45. The van der Waals surface area contributed by atoms with Crippen molar-refractivity contribution >= 4 is 33.8 Å². The van der Waals surface area contributed by atoms with E-state index in [4.69, 9.17) is 4.74 Å². The lowest BCUT2D eigenvalue weighted by atomic mass is 10.2. The predicted octanol–water partition coefficient (Wildman–Crippen LogP) is 6.19. The zero-order valence-corrected chi connectivity index (χ0v) is 15.0. The molecule has 0 aliphatic rings. The molecule has 0 fully saturated rings. The number of anilines is 1. The highest BCUT2D eigenvalue weighted by Gasteiger charge is 2.65. The van der Waals surface area contributed by atoms with Gasteiger partial charge in [0, 0.05) is 17.1 Å². The standard InChI is InChI=1S/C14H15F5N2O2S2/c1-8-12(14(22)23-3)13(9(2)20-8)24-21-10-4-6-11(7-5-10)25(15,16,17,18)19/h4-7,20-21H,1-3H3. The van der Waals surface area contributed by atoms with Crippen molar-refractivity contribution in [3.8, 4) is 0 Å². The molecular formula is C14H15F5N2O2S2. The van der Waals surface area contributed by atoms with Gasteiger partial charge in [0.2, 0.25) is 0 Å². The van der Waals surface area contributed by atoms with Crippen LogP contribution < -0.4 is 4.72 Å². The third-order valence-corrected chi connectivity index (χ3v) is 5.49. The molecule has 0 amide bonds. The third kappa shape index (κ3) is 4.40. The van der Waals surface area contributed by atoms with Crippen LogP contribution in [0.5, 0.6) is 0 Å². The van der Waals surface area contributed by atoms with Gasteiger partial charge < -0.3 is 14.4 Å². The maximum absolute atomic E-state index is 12.7. The number of methoxy groups -OCH3 is 1. The number of aromatic nitrogens is 1. The molecule has 140 valence electrons. The number of carbonyl (C=O) groups excluding carboxylic acids is 1. The fraction of sp³-hybridized carbons (Fsp3) is 0.214. The quantitative estimate of drug-likeness (QED) is 0.355. The molecule has 4 nitrogen and oxygen atoms in total. The van der Waals surface area contributed by atoms with E-state index >= 15 is 0 Å². The van der Waals surface area contributed by atoms with E-state index in [2.05, 4.69) is 9.71 Å². The van der Waals surface area contributed by atoms with Crippen molar-refractivity contribution in [2.24, 2.45) is 0 Å². The first-order chi connectivity index (χ1) is 11.2. The second-order valence-corrected chi connectivity index (χ2v) is 8.49. The van der Waals surface area contributed by atoms with Gasteiger partial charge in [0.15, 0.2) is 0 Å². The number of ether oxygens (including phenoxy) is 1. The first-order valence-corrected chi connectivity index (χ1v) is 9.54. The van der Waals surface area contributed by atoms with E-state index in [1.165, 1.54) is 7.11 Å². The number of rotatable bonds is 5. The Morgan fingerprint density at radius 3 is 2.12 bits per heavy atom. The van der Waals surface area contributed by atoms with Gasteiger partial charge >= 0.3 is 16.2 Å². The molecule has 0 saturated heterocycles. The Hall–Kier alpha value is -1.88. The number of hydrogen-bond acceptors (Lipinski definition) is 4. The zero-order chi connectivity index (χ0) is 19.1. The van der Waals surface area contributed by atoms with Crippen LogP contribution in [0.15, 0.2) is 34.1 Å². The summed E-state index contributed by atoms with van der Waals surface area (Å²) in [6.07, 6.45) is 0. The van der Waals surface area contributed by atoms with Gasteiger partial charge in [0.25, 0.3) is 0 Å². The van der Waals surface area contributed by atoms with Gasteiger partial charge in [0.1, 0.15) is 4.90 Å². The van der Waals surface area contributed by atoms with Crippen molar-refractivity contribution < 1.29 is 29.0 Å². The van der Waals surface area contributed by atoms with Gasteiger partial charge in [0.05, 0.1) is 17.6 Å². The largest absolute Gasteiger partial charge is 0.465 e. The fourth-order valence-corrected chi connectivity index (χ4v) is 3.67. The maximum Gasteiger partial charge on any atom is 0.340 e. The van der Waals surface area contributed by atoms with Gasteiger partial charge in [-0.3, -0.25) is 0 Å². The Bertz CT molecular complexity index is 817. The molecule has 11 heteroatoms. The topological polar surface area (TPSA) is 54.1 Å². The van der Waals surface area contributed by atoms with E-state index in [1.807, 2.05) is 0 Å². The molecule has 1 aromatic heterocycles. The number of hydrogen-bond donors (Lipinski definition) is 2. The third-order valence-electron chi connectivity index (χ3n) is 3.28. The molecule has 1 aromatic carbocycles. The van der Waals surface area contributed by atoms with Gasteiger partial charge in [-0.2, -0.15) is 0 Å². The Kier molecular flexibility index (Phi) is 4.33. The van der Waals surface area contributed by atoms with Crippen molar-refractivity contribution in [2.45, 2.75) is 23.6 Å². The molecular weight excluding hydrogens is 387 g/mol. The van der Waals surface area contributed by atoms with Crippen molar-refractivity contribution in [2.75, 3.05) is 11.8 Å². The summed E-state index contributed by atoms with van der Waals surface area (Å²) in [5.41, 5.74) is 1.69. The van der Waals surface area contributed by atoms with Crippen LogP contribution in [-0.2, 0) is 4.74 Å². The fourth-order valence-electron chi connectivity index (χ4n) is 2.12. The van der Waals surface area contributed by atoms with Gasteiger partial charge in [-0.25, -0.2) is 4.79 Å². The van der Waals surface area contributed by atoms with Crippen LogP contribution in [0, 0.1) is 13.8 Å². The molecule has 2 N–H and O–H groups in total. The summed E-state index contributed by atoms with van der Waals surface area (Å²) in [5.74, 6) is -0.567. The SMILES string of the molecule is COC(=O)c1c(C)[nH]c(C)c1SNc1ccc(S(F)(F)(F)(F)F)cc1. The monoisotopic (exact) mass is 402 g/mol. The van der Waals surface area contributed by atoms with E-state index in [0.717, 1.165) is 24.1 Å². The molecule has 0 saturated carbocycles. The number of esters is 1. The minimum absolute atomic E-state index is 0.171. The summed E-state index contributed by atoms with van der Waals surface area (Å²) in [5, 5.41) is 0. The summed E-state index contributed by atoms with van der Waals surface area (Å²) in [6, 6.07) is 2.43. The molecule has 0 aliphatic heterocycles. The molecule has 25 heavy (non-hydrogen) atoms. The molecule has 2 rings (SSSR count). The average molecular weight is 402 g/mol. The van der Waals surface area contributed by atoms with Crippen LogP contribution in [0.3, 0.4) is 0 Å². The molecule has 1 heterocycles. The van der Waals surface area contributed by atoms with E-state index < -0.39 is 21.1 Å². The van der Waals surface area contributed by atoms with Gasteiger partial charge in [-0.05, 0) is 50.1 Å². The van der Waals surface area contributed by atoms with Crippen LogP contribution >= 0.6 is 22.2 Å². The van der Waals surface area contributed by atoms with Gasteiger partial charge in [-0.1, -0.05) is 19.4 Å². The van der Waals surface area contributed by atoms with Crippen molar-refractivity contribution in [1.29, 1.82) is 0 Å². The number of H-pyrrole nitrogens is 1. The highest BCUT2D eigenvalue weighted by Crippen LogP contribution is 3.02. The Balaban J connectivity index is 2.23. The Morgan fingerprint density at radius 2 is 1.64 bits per heavy atom. The van der Waals surface area contributed by atoms with E-state index in [0.29, 0.717) is 34.0 Å². The molecule has 0 spiro atoms. The smallest absolute Gasteiger partial charge is 0.340 e. The molecule has 0 unspecified atom stereocenters. The summed E-state index contributed by atoms with van der Waals surface area (Å²) in [6.45, 7) is 3.38. The number of aromatic amines is 1. The lowest BCUT2D eigenvalue weighted by molar-refractivity contribution is 0.0596. The lowest BCUT2D eigenvalue weighted by Crippen LogP contribution is -2.06. The van der Waals surface area contributed by atoms with E-state index in [1.54, 1.807) is 13.8 Å². The Labute approximate surface area is 145 Å². The normalized spacial score (nSPS) is 14.6. The van der Waals surface area contributed by atoms with Crippen LogP contribution in [0.2, 0.25) is 0 Å². The number of aryl methyl sites for hydroxylation is 2. The summed E-state index contributed by atoms with van der Waals surface area (Å²) < 4.78 is 70.8. The first-order valence-electron chi connectivity index (χ1n) is 6.77. The lowest BCUT2D eigenvalue weighted by Gasteiger charge is -2.40. The van der Waals surface area contributed by atoms with Crippen molar-refractivity contribution in [3.05, 3.63) is 41.2 Å². The van der Waals surface area contributed by atoms with Crippen molar-refractivity contribution in [3.63, 3.8) is 0 Å². The Morgan fingerprint density at radius 1 is 1.08 bits per heavy atom. The van der Waals surface area contributed by atoms with Crippen LogP contribution in [0.1, 0.15) is 21.7 Å². The number of benzene rings is 1. The van der Waals surface area contributed by atoms with Crippen LogP contribution in [-0.4, -0.2) is 18.1 Å². The van der Waals surface area contributed by atoms with E-state index in [9.17, 15) is 24.2 Å². The summed E-state index contributed by atoms with van der Waals surface area (Å²) in [4.78, 5) is 13.3. The number of nitrogens with one attached hydrogen (secondary N) is 2. The van der Waals surface area contributed by atoms with Crippen molar-refractivity contribution in [1.82, 2.24) is 4.98 Å². The first kappa shape index (κ1) is 19.4. The van der Waals surface area contributed by atoms with Crippen LogP contribution in [0.25, 0.3) is 0 Å². The predicted molar refractivity (Wildman–Crippen MR) is 88.9 cm³/mol. The molecule has 2 aromatic rings. The van der Waals surface area contributed by atoms with Gasteiger partial charge in [-0.15, -0.1) is 0 Å². The molecule has 0 atom stereocenters. The molecule has 0 bridgehead atoms. The number of halogens is 5. The summed E-state index contributed by atoms with van der Waals surface area (Å²) >= 11 is 0.962. The van der Waals surface area contributed by atoms with Crippen LogP contribution in [0.4, 0.5) is 25.1 Å². The second-order valence-electron chi connectivity index (χ2n) is 5.27. The second kappa shape index (κ2) is 5.56. The highest BCUT2D eigenvalue weighted by atomic mass is 32.5. The minimum atomic E-state index is -9.69. The molecule has 0 aliphatic carbocycles. The summed E-state index contributed by atoms with van der Waals surface area (Å²) in [7, 11) is -8.46. The average Bonchev–Trinajstić information content (AvgIpc) is 2.76. The van der Waals surface area contributed by atoms with E-state index in [-0.39, 0.29) is 5.69 Å². The zero-order valence-electron chi connectivity index (χ0n) is 13.3. The maximum atomic E-state index is 12.7.